The Morgan fingerprint density at radius 3 is 2.65 bits per heavy atom. The first-order valence-corrected chi connectivity index (χ1v) is 7.51. The molecule has 0 amide bonds. The lowest BCUT2D eigenvalue weighted by molar-refractivity contribution is 0.199. The number of thiophene rings is 1. The Bertz CT molecular complexity index is 612. The van der Waals surface area contributed by atoms with Crippen LogP contribution in [0.15, 0.2) is 24.3 Å². The van der Waals surface area contributed by atoms with E-state index in [2.05, 4.69) is 0 Å². The molecule has 0 bridgehead atoms. The zero-order chi connectivity index (χ0) is 14.9. The van der Waals surface area contributed by atoms with Crippen LogP contribution in [0.5, 0.6) is 0 Å². The van der Waals surface area contributed by atoms with Gasteiger partial charge in [-0.2, -0.15) is 0 Å². The van der Waals surface area contributed by atoms with E-state index in [9.17, 15) is 9.50 Å². The van der Waals surface area contributed by atoms with E-state index >= 15 is 0 Å². The second-order valence-electron chi connectivity index (χ2n) is 4.90. The predicted octanol–water partition coefficient (Wildman–Crippen LogP) is 4.54. The van der Waals surface area contributed by atoms with Crippen molar-refractivity contribution < 1.29 is 9.50 Å². The Morgan fingerprint density at radius 2 is 2.10 bits per heavy atom. The standard InChI is InChI=1S/C15H17ClFNOS/c1-9-6-14(12(10(2)19)7-13(9)17)18(3)8-11-4-5-15(16)20-11/h4-7,10,19H,8H2,1-3H3/t10-/m0/s1. The summed E-state index contributed by atoms with van der Waals surface area (Å²) in [6, 6.07) is 7.02. The topological polar surface area (TPSA) is 23.5 Å². The number of aryl methyl sites for hydroxylation is 1. The Morgan fingerprint density at radius 1 is 1.40 bits per heavy atom. The molecule has 0 radical (unpaired) electrons. The molecule has 1 heterocycles. The molecule has 2 rings (SSSR count). The summed E-state index contributed by atoms with van der Waals surface area (Å²) in [4.78, 5) is 3.12. The number of anilines is 1. The fourth-order valence-electron chi connectivity index (χ4n) is 2.10. The Kier molecular flexibility index (Phi) is 4.68. The maximum atomic E-state index is 13.7. The quantitative estimate of drug-likeness (QED) is 0.896. The monoisotopic (exact) mass is 313 g/mol. The molecule has 0 aliphatic heterocycles. The first kappa shape index (κ1) is 15.3. The molecular weight excluding hydrogens is 297 g/mol. The minimum absolute atomic E-state index is 0.294. The van der Waals surface area contributed by atoms with Gasteiger partial charge in [-0.25, -0.2) is 4.39 Å². The van der Waals surface area contributed by atoms with Crippen molar-refractivity contribution in [3.8, 4) is 0 Å². The molecule has 0 unspecified atom stereocenters. The summed E-state index contributed by atoms with van der Waals surface area (Å²) in [5.74, 6) is -0.294. The molecule has 2 aromatic rings. The normalized spacial score (nSPS) is 12.5. The molecule has 0 saturated carbocycles. The molecule has 20 heavy (non-hydrogen) atoms. The van der Waals surface area contributed by atoms with Gasteiger partial charge in [0.1, 0.15) is 5.82 Å². The van der Waals surface area contributed by atoms with E-state index in [0.717, 1.165) is 14.9 Å². The van der Waals surface area contributed by atoms with Crippen LogP contribution in [-0.4, -0.2) is 12.2 Å². The van der Waals surface area contributed by atoms with E-state index in [-0.39, 0.29) is 5.82 Å². The molecule has 1 aromatic carbocycles. The predicted molar refractivity (Wildman–Crippen MR) is 83.2 cm³/mol. The van der Waals surface area contributed by atoms with E-state index in [1.54, 1.807) is 19.9 Å². The Labute approximate surface area is 127 Å². The highest BCUT2D eigenvalue weighted by Crippen LogP contribution is 2.31. The van der Waals surface area contributed by atoms with Gasteiger partial charge in [0, 0.05) is 23.2 Å². The molecule has 0 spiro atoms. The summed E-state index contributed by atoms with van der Waals surface area (Å²) in [5, 5.41) is 9.83. The number of aliphatic hydroxyl groups excluding tert-OH is 1. The number of hydrogen-bond donors (Lipinski definition) is 1. The molecule has 2 nitrogen and oxygen atoms in total. The van der Waals surface area contributed by atoms with Gasteiger partial charge in [-0.15, -0.1) is 11.3 Å². The molecule has 0 aliphatic rings. The van der Waals surface area contributed by atoms with Crippen molar-refractivity contribution in [3.05, 3.63) is 50.4 Å². The number of rotatable bonds is 4. The molecule has 1 atom stereocenters. The number of hydrogen-bond acceptors (Lipinski definition) is 3. The Hall–Kier alpha value is -1.10. The minimum atomic E-state index is -0.713. The molecule has 5 heteroatoms. The van der Waals surface area contributed by atoms with Crippen molar-refractivity contribution in [1.82, 2.24) is 0 Å². The first-order chi connectivity index (χ1) is 9.38. The Balaban J connectivity index is 2.33. The number of aliphatic hydroxyl groups is 1. The van der Waals surface area contributed by atoms with E-state index in [1.807, 2.05) is 24.1 Å². The third-order valence-electron chi connectivity index (χ3n) is 3.19. The van der Waals surface area contributed by atoms with Crippen molar-refractivity contribution in [2.75, 3.05) is 11.9 Å². The summed E-state index contributed by atoms with van der Waals surface area (Å²) >= 11 is 7.45. The van der Waals surface area contributed by atoms with Crippen molar-refractivity contribution in [1.29, 1.82) is 0 Å². The molecule has 1 N–H and O–H groups in total. The van der Waals surface area contributed by atoms with Crippen LogP contribution in [0.25, 0.3) is 0 Å². The minimum Gasteiger partial charge on any atom is -0.389 e. The molecular formula is C15H17ClFNOS. The van der Waals surface area contributed by atoms with Crippen LogP contribution in [0.4, 0.5) is 10.1 Å². The zero-order valence-corrected chi connectivity index (χ0v) is 13.2. The van der Waals surface area contributed by atoms with Crippen LogP contribution in [-0.2, 0) is 6.54 Å². The third kappa shape index (κ3) is 3.32. The highest BCUT2D eigenvalue weighted by molar-refractivity contribution is 7.16. The maximum Gasteiger partial charge on any atom is 0.126 e. The highest BCUT2D eigenvalue weighted by atomic mass is 35.5. The van der Waals surface area contributed by atoms with Crippen molar-refractivity contribution >= 4 is 28.6 Å². The van der Waals surface area contributed by atoms with Gasteiger partial charge in [0.25, 0.3) is 0 Å². The van der Waals surface area contributed by atoms with Crippen LogP contribution in [0, 0.1) is 12.7 Å². The van der Waals surface area contributed by atoms with Gasteiger partial charge >= 0.3 is 0 Å². The van der Waals surface area contributed by atoms with Gasteiger partial charge in [0.05, 0.1) is 17.0 Å². The van der Waals surface area contributed by atoms with Crippen molar-refractivity contribution in [2.24, 2.45) is 0 Å². The number of benzene rings is 1. The van der Waals surface area contributed by atoms with Gasteiger partial charge in [-0.05, 0) is 43.7 Å². The third-order valence-corrected chi connectivity index (χ3v) is 4.41. The smallest absolute Gasteiger partial charge is 0.126 e. The second-order valence-corrected chi connectivity index (χ2v) is 6.70. The fraction of sp³-hybridized carbons (Fsp3) is 0.333. The van der Waals surface area contributed by atoms with Crippen LogP contribution < -0.4 is 4.90 Å². The summed E-state index contributed by atoms with van der Waals surface area (Å²) in [7, 11) is 1.92. The van der Waals surface area contributed by atoms with Crippen LogP contribution >= 0.6 is 22.9 Å². The maximum absolute atomic E-state index is 13.7. The lowest BCUT2D eigenvalue weighted by atomic mass is 10.0. The van der Waals surface area contributed by atoms with Gasteiger partial charge in [0.2, 0.25) is 0 Å². The number of halogens is 2. The van der Waals surface area contributed by atoms with E-state index in [1.165, 1.54) is 17.4 Å². The SMILES string of the molecule is Cc1cc(N(C)Cc2ccc(Cl)s2)c([C@H](C)O)cc1F. The van der Waals surface area contributed by atoms with Crippen molar-refractivity contribution in [3.63, 3.8) is 0 Å². The largest absolute Gasteiger partial charge is 0.389 e. The molecule has 0 fully saturated rings. The van der Waals surface area contributed by atoms with E-state index in [4.69, 9.17) is 11.6 Å². The summed E-state index contributed by atoms with van der Waals surface area (Å²) in [5.41, 5.74) is 2.00. The molecule has 0 aliphatic carbocycles. The summed E-state index contributed by atoms with van der Waals surface area (Å²) in [6.07, 6.45) is -0.713. The highest BCUT2D eigenvalue weighted by Gasteiger charge is 2.15. The van der Waals surface area contributed by atoms with E-state index in [0.29, 0.717) is 17.7 Å². The van der Waals surface area contributed by atoms with Crippen LogP contribution in [0.2, 0.25) is 4.34 Å². The van der Waals surface area contributed by atoms with E-state index < -0.39 is 6.10 Å². The van der Waals surface area contributed by atoms with Gasteiger partial charge in [-0.3, -0.25) is 0 Å². The molecule has 108 valence electrons. The molecule has 0 saturated heterocycles. The molecule has 1 aromatic heterocycles. The summed E-state index contributed by atoms with van der Waals surface area (Å²) < 4.78 is 14.4. The van der Waals surface area contributed by atoms with Crippen LogP contribution in [0.3, 0.4) is 0 Å². The average molecular weight is 314 g/mol. The first-order valence-electron chi connectivity index (χ1n) is 6.32. The average Bonchev–Trinajstić information content (AvgIpc) is 2.77. The number of nitrogens with zero attached hydrogens (tertiary/aromatic N) is 1. The van der Waals surface area contributed by atoms with Crippen LogP contribution in [0.1, 0.15) is 29.0 Å². The zero-order valence-electron chi connectivity index (χ0n) is 11.7. The second kappa shape index (κ2) is 6.12. The summed E-state index contributed by atoms with van der Waals surface area (Å²) in [6.45, 7) is 4.03. The van der Waals surface area contributed by atoms with Crippen molar-refractivity contribution in [2.45, 2.75) is 26.5 Å². The fourth-order valence-corrected chi connectivity index (χ4v) is 3.24. The van der Waals surface area contributed by atoms with Gasteiger partial charge in [0.15, 0.2) is 0 Å². The van der Waals surface area contributed by atoms with Gasteiger partial charge < -0.3 is 10.0 Å². The lowest BCUT2D eigenvalue weighted by Gasteiger charge is -2.24. The van der Waals surface area contributed by atoms with Gasteiger partial charge in [-0.1, -0.05) is 11.6 Å². The lowest BCUT2D eigenvalue weighted by Crippen LogP contribution is -2.18.